The Morgan fingerprint density at radius 1 is 0.963 bits per heavy atom. The summed E-state index contributed by atoms with van der Waals surface area (Å²) in [5.74, 6) is 1.97. The summed E-state index contributed by atoms with van der Waals surface area (Å²) in [6.07, 6.45) is 0. The number of carbonyl (C=O) groups is 2. The zero-order valence-electron chi connectivity index (χ0n) is 15.6. The van der Waals surface area contributed by atoms with Gasteiger partial charge in [-0.05, 0) is 49.4 Å². The molecule has 0 atom stereocenters. The van der Waals surface area contributed by atoms with Crippen LogP contribution in [0.25, 0.3) is 0 Å². The first-order chi connectivity index (χ1) is 13.1. The lowest BCUT2D eigenvalue weighted by molar-refractivity contribution is -0.113. The summed E-state index contributed by atoms with van der Waals surface area (Å²) in [5.41, 5.74) is 1.21. The van der Waals surface area contributed by atoms with Gasteiger partial charge in [-0.25, -0.2) is 0 Å². The lowest BCUT2D eigenvalue weighted by Crippen LogP contribution is -2.15. The van der Waals surface area contributed by atoms with E-state index in [2.05, 4.69) is 5.32 Å². The summed E-state index contributed by atoms with van der Waals surface area (Å²) in [5, 5.41) is 2.79. The van der Waals surface area contributed by atoms with Crippen molar-refractivity contribution in [2.24, 2.45) is 0 Å². The predicted octanol–water partition coefficient (Wildman–Crippen LogP) is 3.66. The largest absolute Gasteiger partial charge is 0.494 e. The number of amides is 1. The van der Waals surface area contributed by atoms with Gasteiger partial charge in [0.1, 0.15) is 5.75 Å². The van der Waals surface area contributed by atoms with Crippen LogP contribution in [0.15, 0.2) is 42.5 Å². The molecule has 0 aliphatic heterocycles. The van der Waals surface area contributed by atoms with Crippen molar-refractivity contribution in [3.8, 4) is 17.2 Å². The third kappa shape index (κ3) is 6.21. The monoisotopic (exact) mass is 389 g/mol. The van der Waals surface area contributed by atoms with Crippen LogP contribution in [-0.4, -0.2) is 44.0 Å². The van der Waals surface area contributed by atoms with Gasteiger partial charge in [-0.1, -0.05) is 0 Å². The maximum Gasteiger partial charge on any atom is 0.234 e. The van der Waals surface area contributed by atoms with Gasteiger partial charge in [0.2, 0.25) is 5.91 Å². The molecule has 2 aromatic carbocycles. The number of anilines is 1. The maximum atomic E-state index is 12.3. The highest BCUT2D eigenvalue weighted by Gasteiger charge is 2.12. The van der Waals surface area contributed by atoms with E-state index < -0.39 is 0 Å². The number of benzene rings is 2. The lowest BCUT2D eigenvalue weighted by atomic mass is 10.1. The molecular weight excluding hydrogens is 366 g/mol. The van der Waals surface area contributed by atoms with E-state index in [-0.39, 0.29) is 23.2 Å². The molecule has 27 heavy (non-hydrogen) atoms. The van der Waals surface area contributed by atoms with E-state index in [0.29, 0.717) is 29.4 Å². The summed E-state index contributed by atoms with van der Waals surface area (Å²) in [6.45, 7) is 2.51. The third-order valence-electron chi connectivity index (χ3n) is 3.62. The van der Waals surface area contributed by atoms with E-state index in [1.165, 1.54) is 26.0 Å². The minimum atomic E-state index is -0.163. The molecule has 0 saturated heterocycles. The molecule has 0 aliphatic rings. The van der Waals surface area contributed by atoms with Gasteiger partial charge in [-0.15, -0.1) is 11.8 Å². The second-order valence-electron chi connectivity index (χ2n) is 5.49. The van der Waals surface area contributed by atoms with Crippen LogP contribution < -0.4 is 19.5 Å². The number of hydrogen-bond donors (Lipinski definition) is 1. The summed E-state index contributed by atoms with van der Waals surface area (Å²) in [7, 11) is 3.06. The summed E-state index contributed by atoms with van der Waals surface area (Å²) < 4.78 is 15.7. The molecule has 0 unspecified atom stereocenters. The average molecular weight is 389 g/mol. The van der Waals surface area contributed by atoms with Crippen LogP contribution in [0.4, 0.5) is 5.69 Å². The summed E-state index contributed by atoms with van der Waals surface area (Å²) >= 11 is 1.26. The Balaban J connectivity index is 1.81. The van der Waals surface area contributed by atoms with Gasteiger partial charge in [0.15, 0.2) is 17.3 Å². The Hall–Kier alpha value is -2.67. The number of thioether (sulfide) groups is 1. The van der Waals surface area contributed by atoms with E-state index in [9.17, 15) is 9.59 Å². The molecule has 1 amide bonds. The molecule has 0 spiro atoms. The van der Waals surface area contributed by atoms with Crippen molar-refractivity contribution >= 4 is 29.1 Å². The van der Waals surface area contributed by atoms with Crippen LogP contribution in [0.3, 0.4) is 0 Å². The molecule has 2 aromatic rings. The number of hydrogen-bond acceptors (Lipinski definition) is 6. The zero-order valence-corrected chi connectivity index (χ0v) is 16.4. The standard InChI is InChI=1S/C20H23NO5S/c1-4-26-16-8-6-15(7-9-16)21-20(23)13-27-12-17(22)14-5-10-18(24-2)19(11-14)25-3/h5-11H,4,12-13H2,1-3H3,(H,21,23). The quantitative estimate of drug-likeness (QED) is 0.625. The highest BCUT2D eigenvalue weighted by atomic mass is 32.2. The zero-order chi connectivity index (χ0) is 19.6. The fourth-order valence-electron chi connectivity index (χ4n) is 2.33. The van der Waals surface area contributed by atoms with Crippen molar-refractivity contribution < 1.29 is 23.8 Å². The Kier molecular flexibility index (Phi) is 8.00. The number of Topliss-reactive ketones (excluding diaryl/α,β-unsaturated/α-hetero) is 1. The summed E-state index contributed by atoms with van der Waals surface area (Å²) in [4.78, 5) is 24.3. The Morgan fingerprint density at radius 3 is 2.30 bits per heavy atom. The van der Waals surface area contributed by atoms with Crippen LogP contribution in [-0.2, 0) is 4.79 Å². The highest BCUT2D eigenvalue weighted by Crippen LogP contribution is 2.28. The minimum Gasteiger partial charge on any atom is -0.494 e. The maximum absolute atomic E-state index is 12.3. The second-order valence-corrected chi connectivity index (χ2v) is 6.48. The van der Waals surface area contributed by atoms with E-state index in [1.807, 2.05) is 6.92 Å². The average Bonchev–Trinajstić information content (AvgIpc) is 2.69. The van der Waals surface area contributed by atoms with Gasteiger partial charge < -0.3 is 19.5 Å². The van der Waals surface area contributed by atoms with Crippen molar-refractivity contribution in [2.75, 3.05) is 37.6 Å². The highest BCUT2D eigenvalue weighted by molar-refractivity contribution is 8.00. The van der Waals surface area contributed by atoms with E-state index in [0.717, 1.165) is 5.75 Å². The number of ether oxygens (including phenoxy) is 3. The first kappa shape index (κ1) is 20.6. The van der Waals surface area contributed by atoms with E-state index in [1.54, 1.807) is 42.5 Å². The molecule has 6 nitrogen and oxygen atoms in total. The molecular formula is C20H23NO5S. The number of methoxy groups -OCH3 is 2. The first-order valence-corrected chi connectivity index (χ1v) is 9.58. The molecule has 1 N–H and O–H groups in total. The fraction of sp³-hybridized carbons (Fsp3) is 0.300. The van der Waals surface area contributed by atoms with Crippen molar-refractivity contribution in [2.45, 2.75) is 6.92 Å². The van der Waals surface area contributed by atoms with Gasteiger partial charge >= 0.3 is 0 Å². The molecule has 7 heteroatoms. The van der Waals surface area contributed by atoms with Gasteiger partial charge in [0.25, 0.3) is 0 Å². The van der Waals surface area contributed by atoms with Gasteiger partial charge in [0, 0.05) is 11.3 Å². The molecule has 0 radical (unpaired) electrons. The summed E-state index contributed by atoms with van der Waals surface area (Å²) in [6, 6.07) is 12.2. The van der Waals surface area contributed by atoms with Crippen LogP contribution in [0.2, 0.25) is 0 Å². The van der Waals surface area contributed by atoms with Crippen molar-refractivity contribution in [3.63, 3.8) is 0 Å². The topological polar surface area (TPSA) is 73.9 Å². The molecule has 2 rings (SSSR count). The number of carbonyl (C=O) groups excluding carboxylic acids is 2. The normalized spacial score (nSPS) is 10.2. The lowest BCUT2D eigenvalue weighted by Gasteiger charge is -2.09. The van der Waals surface area contributed by atoms with Crippen LogP contribution in [0, 0.1) is 0 Å². The minimum absolute atomic E-state index is 0.0742. The molecule has 0 aromatic heterocycles. The predicted molar refractivity (Wildman–Crippen MR) is 107 cm³/mol. The molecule has 0 aliphatic carbocycles. The van der Waals surface area contributed by atoms with Gasteiger partial charge in [-0.3, -0.25) is 9.59 Å². The molecule has 0 heterocycles. The van der Waals surface area contributed by atoms with E-state index in [4.69, 9.17) is 14.2 Å². The second kappa shape index (κ2) is 10.5. The Labute approximate surface area is 163 Å². The Morgan fingerprint density at radius 2 is 1.67 bits per heavy atom. The van der Waals surface area contributed by atoms with Crippen LogP contribution in [0.5, 0.6) is 17.2 Å². The smallest absolute Gasteiger partial charge is 0.234 e. The van der Waals surface area contributed by atoms with Crippen molar-refractivity contribution in [1.29, 1.82) is 0 Å². The van der Waals surface area contributed by atoms with Crippen LogP contribution >= 0.6 is 11.8 Å². The number of rotatable bonds is 10. The third-order valence-corrected chi connectivity index (χ3v) is 4.55. The molecule has 0 bridgehead atoms. The van der Waals surface area contributed by atoms with Gasteiger partial charge in [-0.2, -0.15) is 0 Å². The molecule has 144 valence electrons. The van der Waals surface area contributed by atoms with E-state index >= 15 is 0 Å². The van der Waals surface area contributed by atoms with Gasteiger partial charge in [0.05, 0.1) is 32.3 Å². The number of ketones is 1. The fourth-order valence-corrected chi connectivity index (χ4v) is 3.04. The van der Waals surface area contributed by atoms with Crippen molar-refractivity contribution in [1.82, 2.24) is 0 Å². The molecule has 0 saturated carbocycles. The number of nitrogens with one attached hydrogen (secondary N) is 1. The Bertz CT molecular complexity index is 776. The first-order valence-electron chi connectivity index (χ1n) is 8.43. The van der Waals surface area contributed by atoms with Crippen LogP contribution in [0.1, 0.15) is 17.3 Å². The van der Waals surface area contributed by atoms with Crippen molar-refractivity contribution in [3.05, 3.63) is 48.0 Å². The SMILES string of the molecule is CCOc1ccc(NC(=O)CSCC(=O)c2ccc(OC)c(OC)c2)cc1. The molecule has 0 fully saturated rings.